The van der Waals surface area contributed by atoms with Crippen LogP contribution in [0.3, 0.4) is 0 Å². The quantitative estimate of drug-likeness (QED) is 0.574. The van der Waals surface area contributed by atoms with Gasteiger partial charge in [0.25, 0.3) is 0 Å². The number of aliphatic hydroxyl groups is 1. The van der Waals surface area contributed by atoms with Crippen LogP contribution in [0.5, 0.6) is 0 Å². The van der Waals surface area contributed by atoms with E-state index in [0.717, 1.165) is 5.56 Å². The van der Waals surface area contributed by atoms with E-state index in [2.05, 4.69) is 4.72 Å². The van der Waals surface area contributed by atoms with Crippen molar-refractivity contribution < 1.29 is 9.50 Å². The minimum atomic E-state index is -0.226. The number of hydrogen-bond donors (Lipinski definition) is 2. The number of halogens is 1. The van der Waals surface area contributed by atoms with Crippen molar-refractivity contribution in [3.05, 3.63) is 29.6 Å². The van der Waals surface area contributed by atoms with Crippen LogP contribution in [0.25, 0.3) is 0 Å². The Morgan fingerprint density at radius 2 is 2.31 bits per heavy atom. The summed E-state index contributed by atoms with van der Waals surface area (Å²) in [7, 11) is 0. The van der Waals surface area contributed by atoms with Crippen molar-refractivity contribution >= 4 is 11.9 Å². The van der Waals surface area contributed by atoms with Gasteiger partial charge < -0.3 is 5.11 Å². The van der Waals surface area contributed by atoms with E-state index in [0.29, 0.717) is 11.4 Å². The van der Waals surface area contributed by atoms with Gasteiger partial charge in [-0.15, -0.1) is 0 Å². The molecule has 0 unspecified atom stereocenters. The molecular weight excluding hydrogens is 189 g/mol. The van der Waals surface area contributed by atoms with Crippen molar-refractivity contribution in [1.82, 2.24) is 4.72 Å². The highest BCUT2D eigenvalue weighted by Crippen LogP contribution is 2.19. The zero-order valence-corrected chi connectivity index (χ0v) is 8.20. The van der Waals surface area contributed by atoms with Gasteiger partial charge in [0.2, 0.25) is 0 Å². The zero-order chi connectivity index (χ0) is 9.68. The smallest absolute Gasteiger partial charge is 0.138 e. The molecule has 1 rings (SSSR count). The van der Waals surface area contributed by atoms with Crippen LogP contribution in [0.4, 0.5) is 4.39 Å². The van der Waals surface area contributed by atoms with Crippen molar-refractivity contribution in [2.75, 3.05) is 13.2 Å². The van der Waals surface area contributed by atoms with E-state index in [1.807, 2.05) is 13.0 Å². The molecule has 0 amide bonds. The largest absolute Gasteiger partial charge is 0.395 e. The van der Waals surface area contributed by atoms with Crippen LogP contribution >= 0.6 is 11.9 Å². The lowest BCUT2D eigenvalue weighted by Crippen LogP contribution is -2.09. The second-order valence-corrected chi connectivity index (χ2v) is 3.59. The molecule has 0 fully saturated rings. The van der Waals surface area contributed by atoms with Gasteiger partial charge in [0, 0.05) is 6.54 Å². The van der Waals surface area contributed by atoms with Crippen molar-refractivity contribution in [3.8, 4) is 0 Å². The molecule has 0 aliphatic carbocycles. The first-order valence-electron chi connectivity index (χ1n) is 4.01. The summed E-state index contributed by atoms with van der Waals surface area (Å²) in [5.74, 6) is -0.226. The van der Waals surface area contributed by atoms with Crippen molar-refractivity contribution in [2.45, 2.75) is 11.8 Å². The average Bonchev–Trinajstić information content (AvgIpc) is 2.09. The third kappa shape index (κ3) is 3.34. The van der Waals surface area contributed by atoms with Crippen molar-refractivity contribution in [1.29, 1.82) is 0 Å². The van der Waals surface area contributed by atoms with E-state index in [1.165, 1.54) is 18.0 Å². The Morgan fingerprint density at radius 1 is 1.54 bits per heavy atom. The van der Waals surface area contributed by atoms with Crippen molar-refractivity contribution in [3.63, 3.8) is 0 Å². The molecule has 0 spiro atoms. The monoisotopic (exact) mass is 201 g/mol. The van der Waals surface area contributed by atoms with Gasteiger partial charge in [0.1, 0.15) is 5.82 Å². The van der Waals surface area contributed by atoms with E-state index in [1.54, 1.807) is 6.07 Å². The highest BCUT2D eigenvalue weighted by atomic mass is 32.2. The summed E-state index contributed by atoms with van der Waals surface area (Å²) in [6, 6.07) is 5.06. The summed E-state index contributed by atoms with van der Waals surface area (Å²) < 4.78 is 16.0. The Bertz CT molecular complexity index is 280. The van der Waals surface area contributed by atoms with Crippen LogP contribution in [0.1, 0.15) is 5.56 Å². The SMILES string of the molecule is Cc1ccc(SNCCO)c(F)c1. The van der Waals surface area contributed by atoms with Gasteiger partial charge in [0.15, 0.2) is 0 Å². The maximum Gasteiger partial charge on any atom is 0.138 e. The fraction of sp³-hybridized carbons (Fsp3) is 0.333. The minimum Gasteiger partial charge on any atom is -0.395 e. The summed E-state index contributed by atoms with van der Waals surface area (Å²) in [4.78, 5) is 0.555. The first-order valence-corrected chi connectivity index (χ1v) is 4.82. The lowest BCUT2D eigenvalue weighted by Gasteiger charge is -2.03. The van der Waals surface area contributed by atoms with Gasteiger partial charge >= 0.3 is 0 Å². The summed E-state index contributed by atoms with van der Waals surface area (Å²) in [5.41, 5.74) is 0.906. The van der Waals surface area contributed by atoms with Gasteiger partial charge in [0.05, 0.1) is 11.5 Å². The van der Waals surface area contributed by atoms with Gasteiger partial charge in [-0.3, -0.25) is 4.72 Å². The molecule has 0 aromatic heterocycles. The predicted molar refractivity (Wildman–Crippen MR) is 52.1 cm³/mol. The number of nitrogens with one attached hydrogen (secondary N) is 1. The summed E-state index contributed by atoms with van der Waals surface area (Å²) >= 11 is 1.20. The molecule has 0 saturated carbocycles. The van der Waals surface area contributed by atoms with Crippen LogP contribution in [-0.4, -0.2) is 18.3 Å². The molecule has 2 nitrogen and oxygen atoms in total. The highest BCUT2D eigenvalue weighted by Gasteiger charge is 2.01. The van der Waals surface area contributed by atoms with Crippen LogP contribution in [-0.2, 0) is 0 Å². The first-order chi connectivity index (χ1) is 6.24. The van der Waals surface area contributed by atoms with E-state index in [4.69, 9.17) is 5.11 Å². The molecule has 0 aliphatic heterocycles. The summed E-state index contributed by atoms with van der Waals surface area (Å²) in [6.07, 6.45) is 0. The molecule has 1 aromatic rings. The first kappa shape index (κ1) is 10.5. The molecule has 0 saturated heterocycles. The number of aryl methyl sites for hydroxylation is 1. The Labute approximate surface area is 81.3 Å². The average molecular weight is 201 g/mol. The van der Waals surface area contributed by atoms with Crippen LogP contribution < -0.4 is 4.72 Å². The van der Waals surface area contributed by atoms with E-state index in [-0.39, 0.29) is 12.4 Å². The van der Waals surface area contributed by atoms with Crippen molar-refractivity contribution in [2.24, 2.45) is 0 Å². The van der Waals surface area contributed by atoms with E-state index >= 15 is 0 Å². The molecule has 0 heterocycles. The Morgan fingerprint density at radius 3 is 2.92 bits per heavy atom. The van der Waals surface area contributed by atoms with Crippen LogP contribution in [0, 0.1) is 12.7 Å². The predicted octanol–water partition coefficient (Wildman–Crippen LogP) is 1.72. The number of rotatable bonds is 4. The number of hydrogen-bond acceptors (Lipinski definition) is 3. The maximum atomic E-state index is 13.2. The van der Waals surface area contributed by atoms with Gasteiger partial charge in [-0.05, 0) is 36.6 Å². The Kier molecular flexibility index (Phi) is 4.21. The van der Waals surface area contributed by atoms with E-state index < -0.39 is 0 Å². The molecule has 1 aromatic carbocycles. The molecule has 2 N–H and O–H groups in total. The van der Waals surface area contributed by atoms with Crippen LogP contribution in [0.15, 0.2) is 23.1 Å². The molecule has 0 bridgehead atoms. The lowest BCUT2D eigenvalue weighted by atomic mass is 10.2. The lowest BCUT2D eigenvalue weighted by molar-refractivity contribution is 0.302. The summed E-state index contributed by atoms with van der Waals surface area (Å²) in [5, 5.41) is 8.49. The Hall–Kier alpha value is -0.580. The van der Waals surface area contributed by atoms with E-state index in [9.17, 15) is 4.39 Å². The van der Waals surface area contributed by atoms with Gasteiger partial charge in [-0.25, -0.2) is 4.39 Å². The molecule has 0 radical (unpaired) electrons. The molecule has 72 valence electrons. The molecular formula is C9H12FNOS. The third-order valence-electron chi connectivity index (χ3n) is 1.48. The molecule has 13 heavy (non-hydrogen) atoms. The Balaban J connectivity index is 2.56. The van der Waals surface area contributed by atoms with Crippen LogP contribution in [0.2, 0.25) is 0 Å². The standard InChI is InChI=1S/C9H12FNOS/c1-7-2-3-9(8(10)6-7)13-11-4-5-12/h2-3,6,11-12H,4-5H2,1H3. The van der Waals surface area contributed by atoms with Gasteiger partial charge in [-0.2, -0.15) is 0 Å². The fourth-order valence-electron chi connectivity index (χ4n) is 0.863. The maximum absolute atomic E-state index is 13.2. The second kappa shape index (κ2) is 5.21. The molecule has 0 aliphatic rings. The number of benzene rings is 1. The highest BCUT2D eigenvalue weighted by molar-refractivity contribution is 7.97. The zero-order valence-electron chi connectivity index (χ0n) is 7.38. The minimum absolute atomic E-state index is 0.0560. The molecule has 4 heteroatoms. The van der Waals surface area contributed by atoms with Gasteiger partial charge in [-0.1, -0.05) is 6.07 Å². The fourth-order valence-corrected chi connectivity index (χ4v) is 1.50. The summed E-state index contributed by atoms with van der Waals surface area (Å²) in [6.45, 7) is 2.36. The third-order valence-corrected chi connectivity index (χ3v) is 2.38. The second-order valence-electron chi connectivity index (χ2n) is 2.65. The number of aliphatic hydroxyl groups excluding tert-OH is 1. The topological polar surface area (TPSA) is 32.3 Å². The normalized spacial score (nSPS) is 10.4. The molecule has 0 atom stereocenters.